The average Bonchev–Trinajstić information content (AvgIpc) is 3.28. The van der Waals surface area contributed by atoms with Gasteiger partial charge in [0.25, 0.3) is 0 Å². The first kappa shape index (κ1) is 16.3. The predicted octanol–water partition coefficient (Wildman–Crippen LogP) is 2.03. The Morgan fingerprint density at radius 1 is 1.28 bits per heavy atom. The third-order valence-corrected chi connectivity index (χ3v) is 5.80. The Balaban J connectivity index is 1.37. The minimum absolute atomic E-state index is 0.139. The number of piperidine rings is 1. The lowest BCUT2D eigenvalue weighted by Crippen LogP contribution is -2.41. The molecule has 1 amide bonds. The summed E-state index contributed by atoms with van der Waals surface area (Å²) >= 11 is 0. The van der Waals surface area contributed by atoms with Crippen molar-refractivity contribution in [1.82, 2.24) is 24.9 Å². The second-order valence-electron chi connectivity index (χ2n) is 7.58. The van der Waals surface area contributed by atoms with Gasteiger partial charge in [0.2, 0.25) is 5.91 Å². The van der Waals surface area contributed by atoms with Crippen LogP contribution in [-0.4, -0.2) is 50.5 Å². The molecule has 2 fully saturated rings. The number of hydrogen-bond acceptors (Lipinski definition) is 5. The Morgan fingerprint density at radius 2 is 2.08 bits per heavy atom. The summed E-state index contributed by atoms with van der Waals surface area (Å²) in [5.74, 6) is 1.09. The molecule has 4 rings (SSSR count). The third-order valence-electron chi connectivity index (χ3n) is 5.80. The molecule has 25 heavy (non-hydrogen) atoms. The summed E-state index contributed by atoms with van der Waals surface area (Å²) in [5, 5.41) is 4.00. The summed E-state index contributed by atoms with van der Waals surface area (Å²) in [6.45, 7) is 8.31. The second-order valence-corrected chi connectivity index (χ2v) is 7.58. The van der Waals surface area contributed by atoms with Gasteiger partial charge in [-0.25, -0.2) is 4.98 Å². The maximum Gasteiger partial charge on any atom is 0.223 e. The van der Waals surface area contributed by atoms with E-state index in [1.54, 1.807) is 6.33 Å². The lowest BCUT2D eigenvalue weighted by atomic mass is 9.77. The van der Waals surface area contributed by atoms with Crippen molar-refractivity contribution in [3.8, 4) is 0 Å². The van der Waals surface area contributed by atoms with Gasteiger partial charge < -0.3 is 14.4 Å². The molecule has 2 aliphatic heterocycles. The molecular weight excluding hydrogens is 318 g/mol. The van der Waals surface area contributed by atoms with Crippen LogP contribution in [0.25, 0.3) is 0 Å². The number of nitrogens with one attached hydrogen (secondary N) is 1. The molecule has 0 aliphatic carbocycles. The first-order valence-corrected chi connectivity index (χ1v) is 8.94. The predicted molar refractivity (Wildman–Crippen MR) is 91.5 cm³/mol. The van der Waals surface area contributed by atoms with Crippen molar-refractivity contribution in [3.63, 3.8) is 0 Å². The number of nitrogens with zero attached hydrogens (tertiary/aromatic N) is 4. The summed E-state index contributed by atoms with van der Waals surface area (Å²) < 4.78 is 5.24. The summed E-state index contributed by atoms with van der Waals surface area (Å²) in [6.07, 6.45) is 6.43. The van der Waals surface area contributed by atoms with E-state index in [-0.39, 0.29) is 11.3 Å². The highest BCUT2D eigenvalue weighted by Gasteiger charge is 2.45. The zero-order chi connectivity index (χ0) is 17.4. The topological polar surface area (TPSA) is 78.3 Å². The van der Waals surface area contributed by atoms with Crippen molar-refractivity contribution in [2.75, 3.05) is 19.6 Å². The van der Waals surface area contributed by atoms with Gasteiger partial charge in [-0.15, -0.1) is 0 Å². The molecule has 0 unspecified atom stereocenters. The highest BCUT2D eigenvalue weighted by Crippen LogP contribution is 2.41. The monoisotopic (exact) mass is 343 g/mol. The number of aryl methyl sites for hydroxylation is 2. The number of aromatic amines is 1. The van der Waals surface area contributed by atoms with Crippen molar-refractivity contribution in [3.05, 3.63) is 35.2 Å². The van der Waals surface area contributed by atoms with E-state index < -0.39 is 0 Å². The maximum atomic E-state index is 12.6. The van der Waals surface area contributed by atoms with Gasteiger partial charge in [-0.2, -0.15) is 0 Å². The smallest absolute Gasteiger partial charge is 0.223 e. The summed E-state index contributed by atoms with van der Waals surface area (Å²) in [4.78, 5) is 24.3. The highest BCUT2D eigenvalue weighted by atomic mass is 16.5. The Kier molecular flexibility index (Phi) is 4.11. The van der Waals surface area contributed by atoms with Gasteiger partial charge in [-0.1, -0.05) is 5.16 Å². The van der Waals surface area contributed by atoms with Gasteiger partial charge in [-0.05, 0) is 45.2 Å². The maximum absolute atomic E-state index is 12.6. The number of amides is 1. The SMILES string of the molecule is Cc1noc(C)c1CN1CC2(CCN(Cc3cnc[nH]3)CC2)CC1=O. The largest absolute Gasteiger partial charge is 0.361 e. The van der Waals surface area contributed by atoms with E-state index in [4.69, 9.17) is 4.52 Å². The molecule has 2 aromatic rings. The second kappa shape index (κ2) is 6.29. The Bertz CT molecular complexity index is 724. The fraction of sp³-hybridized carbons (Fsp3) is 0.611. The third kappa shape index (κ3) is 3.20. The molecule has 7 heteroatoms. The molecule has 0 bridgehead atoms. The summed E-state index contributed by atoms with van der Waals surface area (Å²) in [5.41, 5.74) is 3.24. The van der Waals surface area contributed by atoms with Crippen molar-refractivity contribution < 1.29 is 9.32 Å². The quantitative estimate of drug-likeness (QED) is 0.919. The van der Waals surface area contributed by atoms with E-state index >= 15 is 0 Å². The molecular formula is C18H25N5O2. The van der Waals surface area contributed by atoms with Crippen LogP contribution < -0.4 is 0 Å². The lowest BCUT2D eigenvalue weighted by molar-refractivity contribution is -0.128. The fourth-order valence-corrected chi connectivity index (χ4v) is 4.18. The zero-order valence-corrected chi connectivity index (χ0v) is 14.9. The molecule has 0 aromatic carbocycles. The van der Waals surface area contributed by atoms with Gasteiger partial charge in [0.1, 0.15) is 5.76 Å². The standard InChI is InChI=1S/C18H25N5O2/c1-13-16(14(2)25-21-13)10-23-11-18(7-17(23)24)3-5-22(6-4-18)9-15-8-19-12-20-15/h8,12H,3-7,9-11H2,1-2H3,(H,19,20). The minimum Gasteiger partial charge on any atom is -0.361 e. The Hall–Kier alpha value is -2.15. The van der Waals surface area contributed by atoms with E-state index in [1.807, 2.05) is 24.9 Å². The van der Waals surface area contributed by atoms with Gasteiger partial charge in [-0.3, -0.25) is 9.69 Å². The minimum atomic E-state index is 0.139. The molecule has 134 valence electrons. The Morgan fingerprint density at radius 3 is 2.72 bits per heavy atom. The van der Waals surface area contributed by atoms with Crippen LogP contribution in [0.5, 0.6) is 0 Å². The van der Waals surface area contributed by atoms with Crippen LogP contribution in [0.2, 0.25) is 0 Å². The van der Waals surface area contributed by atoms with Crippen LogP contribution in [0.4, 0.5) is 0 Å². The first-order chi connectivity index (χ1) is 12.0. The van der Waals surface area contributed by atoms with Gasteiger partial charge >= 0.3 is 0 Å². The van der Waals surface area contributed by atoms with Crippen LogP contribution in [-0.2, 0) is 17.9 Å². The summed E-state index contributed by atoms with van der Waals surface area (Å²) in [7, 11) is 0. The number of imidazole rings is 1. The van der Waals surface area contributed by atoms with Crippen molar-refractivity contribution in [1.29, 1.82) is 0 Å². The number of carbonyl (C=O) groups excluding carboxylic acids is 1. The first-order valence-electron chi connectivity index (χ1n) is 8.94. The van der Waals surface area contributed by atoms with E-state index in [1.165, 1.54) is 0 Å². The number of aromatic nitrogens is 3. The Labute approximate surface area is 147 Å². The van der Waals surface area contributed by atoms with Crippen LogP contribution in [0.3, 0.4) is 0 Å². The van der Waals surface area contributed by atoms with E-state index in [9.17, 15) is 4.79 Å². The van der Waals surface area contributed by atoms with E-state index in [0.29, 0.717) is 13.0 Å². The zero-order valence-electron chi connectivity index (χ0n) is 14.9. The van der Waals surface area contributed by atoms with Crippen molar-refractivity contribution in [2.24, 2.45) is 5.41 Å². The number of rotatable bonds is 4. The van der Waals surface area contributed by atoms with Crippen LogP contribution >= 0.6 is 0 Å². The molecule has 0 atom stereocenters. The number of H-pyrrole nitrogens is 1. The number of likely N-dealkylation sites (tertiary alicyclic amines) is 2. The molecule has 1 N–H and O–H groups in total. The molecule has 4 heterocycles. The highest BCUT2D eigenvalue weighted by molar-refractivity contribution is 5.79. The fourth-order valence-electron chi connectivity index (χ4n) is 4.18. The number of carbonyl (C=O) groups is 1. The molecule has 0 radical (unpaired) electrons. The van der Waals surface area contributed by atoms with Crippen molar-refractivity contribution in [2.45, 2.75) is 46.2 Å². The van der Waals surface area contributed by atoms with E-state index in [2.05, 4.69) is 20.0 Å². The molecule has 2 aliphatic rings. The molecule has 1 spiro atoms. The molecule has 2 saturated heterocycles. The van der Waals surface area contributed by atoms with Gasteiger partial charge in [0, 0.05) is 37.0 Å². The van der Waals surface area contributed by atoms with E-state index in [0.717, 1.165) is 61.7 Å². The average molecular weight is 343 g/mol. The van der Waals surface area contributed by atoms with Gasteiger partial charge in [0.05, 0.1) is 18.6 Å². The molecule has 2 aromatic heterocycles. The lowest BCUT2D eigenvalue weighted by Gasteiger charge is -2.38. The molecule has 0 saturated carbocycles. The van der Waals surface area contributed by atoms with Crippen LogP contribution in [0, 0.1) is 19.3 Å². The summed E-state index contributed by atoms with van der Waals surface area (Å²) in [6, 6.07) is 0. The molecule has 7 nitrogen and oxygen atoms in total. The normalized spacial score (nSPS) is 20.7. The van der Waals surface area contributed by atoms with Gasteiger partial charge in [0.15, 0.2) is 0 Å². The van der Waals surface area contributed by atoms with Crippen molar-refractivity contribution >= 4 is 5.91 Å². The van der Waals surface area contributed by atoms with Crippen LogP contribution in [0.15, 0.2) is 17.0 Å². The van der Waals surface area contributed by atoms with Crippen LogP contribution in [0.1, 0.15) is 42.0 Å². The number of hydrogen-bond donors (Lipinski definition) is 1.